The first-order chi connectivity index (χ1) is 15.1. The first-order valence-corrected chi connectivity index (χ1v) is 10.6. The number of aromatic nitrogens is 2. The van der Waals surface area contributed by atoms with E-state index in [1.165, 1.54) is 11.3 Å². The van der Waals surface area contributed by atoms with E-state index < -0.39 is 0 Å². The first-order valence-electron chi connectivity index (χ1n) is 9.78. The number of para-hydroxylation sites is 1. The van der Waals surface area contributed by atoms with Gasteiger partial charge in [-0.15, -0.1) is 0 Å². The van der Waals surface area contributed by atoms with Gasteiger partial charge in [-0.25, -0.2) is 4.98 Å². The summed E-state index contributed by atoms with van der Waals surface area (Å²) in [5, 5.41) is 1.45. The lowest BCUT2D eigenvalue weighted by atomic mass is 10.2. The van der Waals surface area contributed by atoms with Crippen LogP contribution in [-0.2, 0) is 6.54 Å². The van der Waals surface area contributed by atoms with Crippen LogP contribution in [0.4, 0.5) is 5.13 Å². The van der Waals surface area contributed by atoms with Gasteiger partial charge in [-0.2, -0.15) is 0 Å². The Morgan fingerprint density at radius 3 is 2.74 bits per heavy atom. The quantitative estimate of drug-likeness (QED) is 0.364. The molecule has 0 bridgehead atoms. The topological polar surface area (TPSA) is 68.5 Å². The molecule has 0 aliphatic heterocycles. The van der Waals surface area contributed by atoms with Gasteiger partial charge in [0, 0.05) is 11.6 Å². The lowest BCUT2D eigenvalue weighted by Crippen LogP contribution is -2.30. The summed E-state index contributed by atoms with van der Waals surface area (Å²) < 4.78 is 12.3. The van der Waals surface area contributed by atoms with Crippen LogP contribution in [0, 0.1) is 6.92 Å². The van der Waals surface area contributed by atoms with Crippen molar-refractivity contribution in [3.05, 3.63) is 83.9 Å². The Hall–Kier alpha value is -3.71. The molecule has 3 heterocycles. The van der Waals surface area contributed by atoms with Crippen molar-refractivity contribution >= 4 is 43.6 Å². The molecule has 0 atom stereocenters. The molecule has 6 nitrogen and oxygen atoms in total. The van der Waals surface area contributed by atoms with Crippen LogP contribution in [0.2, 0.25) is 0 Å². The molecule has 0 N–H and O–H groups in total. The number of carbonyl (C=O) groups excluding carboxylic acids is 1. The molecule has 2 aromatic carbocycles. The highest BCUT2D eigenvalue weighted by atomic mass is 32.1. The number of benzene rings is 2. The van der Waals surface area contributed by atoms with E-state index >= 15 is 0 Å². The summed E-state index contributed by atoms with van der Waals surface area (Å²) in [6, 6.07) is 18.9. The third kappa shape index (κ3) is 3.53. The van der Waals surface area contributed by atoms with Crippen molar-refractivity contribution in [1.82, 2.24) is 9.97 Å². The van der Waals surface area contributed by atoms with Gasteiger partial charge in [-0.1, -0.05) is 41.7 Å². The predicted molar refractivity (Wildman–Crippen MR) is 122 cm³/mol. The number of furan rings is 1. The fourth-order valence-corrected chi connectivity index (χ4v) is 4.53. The zero-order valence-corrected chi connectivity index (χ0v) is 17.8. The minimum atomic E-state index is -0.266. The van der Waals surface area contributed by atoms with Gasteiger partial charge in [0.1, 0.15) is 16.8 Å². The second-order valence-corrected chi connectivity index (χ2v) is 8.10. The van der Waals surface area contributed by atoms with E-state index in [2.05, 4.69) is 4.98 Å². The summed E-state index contributed by atoms with van der Waals surface area (Å²) >= 11 is 1.46. The van der Waals surface area contributed by atoms with Crippen LogP contribution in [0.5, 0.6) is 5.75 Å². The van der Waals surface area contributed by atoms with E-state index in [9.17, 15) is 4.79 Å². The van der Waals surface area contributed by atoms with Crippen molar-refractivity contribution in [2.24, 2.45) is 0 Å². The van der Waals surface area contributed by atoms with E-state index in [1.807, 2.05) is 61.5 Å². The van der Waals surface area contributed by atoms with E-state index in [0.717, 1.165) is 26.9 Å². The zero-order chi connectivity index (χ0) is 21.4. The Kier molecular flexibility index (Phi) is 4.88. The fourth-order valence-electron chi connectivity index (χ4n) is 3.48. The Balaban J connectivity index is 1.62. The van der Waals surface area contributed by atoms with Crippen molar-refractivity contribution in [1.29, 1.82) is 0 Å². The molecule has 7 heteroatoms. The number of ether oxygens (including phenoxy) is 1. The SMILES string of the molecule is COc1ccc(C)c2sc(N(Cc3ccccn3)C(=O)c3cc4ccccc4o3)nc12. The molecule has 154 valence electrons. The molecular weight excluding hydrogens is 410 g/mol. The second kappa shape index (κ2) is 7.85. The average molecular weight is 430 g/mol. The van der Waals surface area contributed by atoms with Gasteiger partial charge in [0.05, 0.1) is 24.0 Å². The highest BCUT2D eigenvalue weighted by Crippen LogP contribution is 2.37. The Morgan fingerprint density at radius 2 is 1.97 bits per heavy atom. The van der Waals surface area contributed by atoms with Crippen LogP contribution < -0.4 is 9.64 Å². The van der Waals surface area contributed by atoms with Gasteiger partial charge in [-0.3, -0.25) is 14.7 Å². The molecule has 0 spiro atoms. The Labute approximate surface area is 182 Å². The van der Waals surface area contributed by atoms with Gasteiger partial charge in [0.15, 0.2) is 10.9 Å². The minimum absolute atomic E-state index is 0.264. The van der Waals surface area contributed by atoms with Gasteiger partial charge in [0.2, 0.25) is 0 Å². The standard InChI is InChI=1S/C24H19N3O3S/c1-15-10-11-19(29-2)21-22(15)31-24(26-21)27(14-17-8-5-6-12-25-17)23(28)20-13-16-7-3-4-9-18(16)30-20/h3-13H,14H2,1-2H3. The number of carbonyl (C=O) groups is 1. The number of rotatable bonds is 5. The lowest BCUT2D eigenvalue weighted by molar-refractivity contribution is 0.0960. The lowest BCUT2D eigenvalue weighted by Gasteiger charge is -2.18. The molecule has 0 fully saturated rings. The summed E-state index contributed by atoms with van der Waals surface area (Å²) in [6.45, 7) is 2.30. The van der Waals surface area contributed by atoms with Crippen LogP contribution in [0.1, 0.15) is 21.8 Å². The zero-order valence-electron chi connectivity index (χ0n) is 17.0. The largest absolute Gasteiger partial charge is 0.494 e. The van der Waals surface area contributed by atoms with Gasteiger partial charge in [0.25, 0.3) is 5.91 Å². The monoisotopic (exact) mass is 429 g/mol. The number of nitrogens with zero attached hydrogens (tertiary/aromatic N) is 3. The van der Waals surface area contributed by atoms with Gasteiger partial charge in [-0.05, 0) is 42.8 Å². The number of fused-ring (bicyclic) bond motifs is 2. The maximum Gasteiger partial charge on any atom is 0.296 e. The van der Waals surface area contributed by atoms with Crippen LogP contribution in [0.25, 0.3) is 21.2 Å². The van der Waals surface area contributed by atoms with E-state index in [4.69, 9.17) is 14.1 Å². The second-order valence-electron chi connectivity index (χ2n) is 7.12. The predicted octanol–water partition coefficient (Wildman–Crippen LogP) is 5.60. The highest BCUT2D eigenvalue weighted by Gasteiger charge is 2.26. The molecule has 5 aromatic rings. The summed E-state index contributed by atoms with van der Waals surface area (Å²) in [7, 11) is 1.62. The molecule has 3 aromatic heterocycles. The van der Waals surface area contributed by atoms with Crippen molar-refractivity contribution < 1.29 is 13.9 Å². The molecule has 5 rings (SSSR count). The number of hydrogen-bond donors (Lipinski definition) is 0. The number of hydrogen-bond acceptors (Lipinski definition) is 6. The van der Waals surface area contributed by atoms with Gasteiger partial charge < -0.3 is 9.15 Å². The molecular formula is C24H19N3O3S. The normalized spacial score (nSPS) is 11.2. The number of methoxy groups -OCH3 is 1. The molecule has 0 saturated heterocycles. The Morgan fingerprint density at radius 1 is 1.13 bits per heavy atom. The maximum atomic E-state index is 13.6. The summed E-state index contributed by atoms with van der Waals surface area (Å²) in [5.41, 5.74) is 3.25. The molecule has 0 aliphatic carbocycles. The smallest absolute Gasteiger partial charge is 0.296 e. The van der Waals surface area contributed by atoms with Crippen molar-refractivity contribution in [2.75, 3.05) is 12.0 Å². The minimum Gasteiger partial charge on any atom is -0.494 e. The number of pyridine rings is 1. The average Bonchev–Trinajstić information content (AvgIpc) is 3.43. The molecule has 0 radical (unpaired) electrons. The van der Waals surface area contributed by atoms with Crippen LogP contribution in [0.15, 0.2) is 71.3 Å². The van der Waals surface area contributed by atoms with E-state index in [1.54, 1.807) is 24.3 Å². The number of thiazole rings is 1. The Bertz CT molecular complexity index is 1360. The summed E-state index contributed by atoms with van der Waals surface area (Å²) in [6.07, 6.45) is 1.71. The fraction of sp³-hybridized carbons (Fsp3) is 0.125. The van der Waals surface area contributed by atoms with Crippen molar-refractivity contribution in [2.45, 2.75) is 13.5 Å². The maximum absolute atomic E-state index is 13.6. The third-order valence-electron chi connectivity index (χ3n) is 5.07. The molecule has 0 saturated carbocycles. The number of anilines is 1. The van der Waals surface area contributed by atoms with Crippen molar-refractivity contribution in [3.8, 4) is 5.75 Å². The third-order valence-corrected chi connectivity index (χ3v) is 6.28. The molecule has 0 aliphatic rings. The number of amides is 1. The van der Waals surface area contributed by atoms with Crippen LogP contribution >= 0.6 is 11.3 Å². The number of aryl methyl sites for hydroxylation is 1. The van der Waals surface area contributed by atoms with E-state index in [0.29, 0.717) is 16.5 Å². The van der Waals surface area contributed by atoms with Crippen LogP contribution in [-0.4, -0.2) is 23.0 Å². The van der Waals surface area contributed by atoms with Crippen molar-refractivity contribution in [3.63, 3.8) is 0 Å². The summed E-state index contributed by atoms with van der Waals surface area (Å²) in [4.78, 5) is 24.4. The highest BCUT2D eigenvalue weighted by molar-refractivity contribution is 7.22. The molecule has 1 amide bonds. The van der Waals surface area contributed by atoms with Crippen LogP contribution in [0.3, 0.4) is 0 Å². The van der Waals surface area contributed by atoms with E-state index in [-0.39, 0.29) is 18.2 Å². The first kappa shape index (κ1) is 19.3. The van der Waals surface area contributed by atoms with Gasteiger partial charge >= 0.3 is 0 Å². The molecule has 0 unspecified atom stereocenters. The summed E-state index contributed by atoms with van der Waals surface area (Å²) in [5.74, 6) is 0.676. The molecule has 31 heavy (non-hydrogen) atoms.